The number of carbonyl (C=O) groups excluding carboxylic acids is 3. The van der Waals surface area contributed by atoms with Crippen molar-refractivity contribution >= 4 is 46.1 Å². The SMILES string of the molecule is CCN1[C@H](C(=O)NCc2cccc(Cl)c2F)C[C@]1(C(=O)O)C(=O)Cn1nc(C(N)=O)c2ccccc21. The third-order valence-corrected chi connectivity index (χ3v) is 6.77. The van der Waals surface area contributed by atoms with E-state index in [-0.39, 0.29) is 35.8 Å². The molecule has 4 N–H and O–H groups in total. The number of carboxylic acids is 1. The molecule has 2 atom stereocenters. The van der Waals surface area contributed by atoms with Gasteiger partial charge in [0.05, 0.1) is 16.6 Å². The summed E-state index contributed by atoms with van der Waals surface area (Å²) in [5.74, 6) is -4.08. The second-order valence-electron chi connectivity index (χ2n) is 8.41. The zero-order valence-corrected chi connectivity index (χ0v) is 20.0. The van der Waals surface area contributed by atoms with E-state index >= 15 is 0 Å². The topological polar surface area (TPSA) is 148 Å². The van der Waals surface area contributed by atoms with Gasteiger partial charge in [-0.25, -0.2) is 9.18 Å². The average Bonchev–Trinajstić information content (AvgIpc) is 3.18. The Hall–Kier alpha value is -3.83. The Kier molecular flexibility index (Phi) is 6.79. The highest BCUT2D eigenvalue weighted by Gasteiger charge is 2.63. The number of carbonyl (C=O) groups is 4. The Labute approximate surface area is 209 Å². The van der Waals surface area contributed by atoms with Crippen molar-refractivity contribution in [3.8, 4) is 0 Å². The van der Waals surface area contributed by atoms with Crippen molar-refractivity contribution in [3.63, 3.8) is 0 Å². The lowest BCUT2D eigenvalue weighted by atomic mass is 9.74. The summed E-state index contributed by atoms with van der Waals surface area (Å²) in [6.45, 7) is 1.13. The summed E-state index contributed by atoms with van der Waals surface area (Å²) in [7, 11) is 0. The highest BCUT2D eigenvalue weighted by molar-refractivity contribution is 6.30. The fourth-order valence-electron chi connectivity index (χ4n) is 4.67. The number of Topliss-reactive ketones (excluding diaryl/α,β-unsaturated/α-hetero) is 1. The van der Waals surface area contributed by atoms with Crippen molar-refractivity contribution in [2.24, 2.45) is 5.73 Å². The van der Waals surface area contributed by atoms with Crippen LogP contribution < -0.4 is 11.1 Å². The first-order chi connectivity index (χ1) is 17.1. The van der Waals surface area contributed by atoms with Gasteiger partial charge in [-0.3, -0.25) is 24.0 Å². The summed E-state index contributed by atoms with van der Waals surface area (Å²) >= 11 is 5.77. The van der Waals surface area contributed by atoms with E-state index < -0.39 is 47.5 Å². The molecule has 1 aliphatic heterocycles. The van der Waals surface area contributed by atoms with Crippen LogP contribution in [-0.4, -0.2) is 61.5 Å². The number of rotatable bonds is 9. The molecule has 36 heavy (non-hydrogen) atoms. The number of benzene rings is 2. The minimum atomic E-state index is -1.96. The van der Waals surface area contributed by atoms with Gasteiger partial charge in [0.25, 0.3) is 5.91 Å². The largest absolute Gasteiger partial charge is 0.480 e. The number of primary amides is 1. The van der Waals surface area contributed by atoms with Crippen LogP contribution in [0.5, 0.6) is 0 Å². The molecule has 10 nitrogen and oxygen atoms in total. The molecule has 2 amide bonds. The predicted octanol–water partition coefficient (Wildman–Crippen LogP) is 1.73. The minimum Gasteiger partial charge on any atom is -0.480 e. The summed E-state index contributed by atoms with van der Waals surface area (Å²) in [5, 5.41) is 17.1. The van der Waals surface area contributed by atoms with Crippen molar-refractivity contribution in [1.82, 2.24) is 20.0 Å². The first kappa shape index (κ1) is 25.3. The van der Waals surface area contributed by atoms with E-state index in [0.29, 0.717) is 10.9 Å². The van der Waals surface area contributed by atoms with E-state index in [1.54, 1.807) is 37.3 Å². The maximum absolute atomic E-state index is 14.1. The van der Waals surface area contributed by atoms with Crippen LogP contribution in [0.2, 0.25) is 5.02 Å². The molecule has 12 heteroatoms. The van der Waals surface area contributed by atoms with Crippen LogP contribution in [0, 0.1) is 5.82 Å². The number of carboxylic acid groups (broad SMARTS) is 1. The number of halogens is 2. The Balaban J connectivity index is 1.55. The van der Waals surface area contributed by atoms with Gasteiger partial charge in [0.15, 0.2) is 17.0 Å². The number of nitrogens with one attached hydrogen (secondary N) is 1. The number of ketones is 1. The third-order valence-electron chi connectivity index (χ3n) is 6.48. The highest BCUT2D eigenvalue weighted by Crippen LogP contribution is 2.39. The van der Waals surface area contributed by atoms with Crippen molar-refractivity contribution in [2.45, 2.75) is 38.0 Å². The van der Waals surface area contributed by atoms with Crippen molar-refractivity contribution in [1.29, 1.82) is 0 Å². The zero-order chi connectivity index (χ0) is 26.2. The molecular formula is C24H23ClFN5O5. The predicted molar refractivity (Wildman–Crippen MR) is 128 cm³/mol. The number of likely N-dealkylation sites (tertiary alicyclic amines) is 1. The van der Waals surface area contributed by atoms with E-state index in [1.165, 1.54) is 21.7 Å². The van der Waals surface area contributed by atoms with Crippen LogP contribution in [0.4, 0.5) is 4.39 Å². The molecule has 0 unspecified atom stereocenters. The molecule has 3 aromatic rings. The normalized spacial score (nSPS) is 19.6. The molecule has 1 aromatic heterocycles. The molecule has 1 saturated heterocycles. The number of hydrogen-bond donors (Lipinski definition) is 3. The first-order valence-corrected chi connectivity index (χ1v) is 11.5. The lowest BCUT2D eigenvalue weighted by Gasteiger charge is -2.53. The molecule has 0 radical (unpaired) electrons. The van der Waals surface area contributed by atoms with Gasteiger partial charge in [0.1, 0.15) is 12.4 Å². The van der Waals surface area contributed by atoms with Crippen LogP contribution in [0.3, 0.4) is 0 Å². The summed E-state index contributed by atoms with van der Waals surface area (Å²) in [4.78, 5) is 51.6. The molecule has 1 aliphatic rings. The van der Waals surface area contributed by atoms with Crippen LogP contribution in [-0.2, 0) is 27.5 Å². The second kappa shape index (κ2) is 9.67. The van der Waals surface area contributed by atoms with Crippen molar-refractivity contribution in [3.05, 3.63) is 64.6 Å². The maximum Gasteiger partial charge on any atom is 0.332 e. The van der Waals surface area contributed by atoms with Crippen LogP contribution in [0.1, 0.15) is 29.4 Å². The smallest absolute Gasteiger partial charge is 0.332 e. The summed E-state index contributed by atoms with van der Waals surface area (Å²) in [5.41, 5.74) is 4.03. The summed E-state index contributed by atoms with van der Waals surface area (Å²) in [6.07, 6.45) is -0.277. The highest BCUT2D eigenvalue weighted by atomic mass is 35.5. The lowest BCUT2D eigenvalue weighted by Crippen LogP contribution is -2.76. The number of aliphatic carboxylic acids is 1. The first-order valence-electron chi connectivity index (χ1n) is 11.1. The van der Waals surface area contributed by atoms with Gasteiger partial charge in [-0.05, 0) is 18.7 Å². The van der Waals surface area contributed by atoms with Gasteiger partial charge in [-0.2, -0.15) is 5.10 Å². The molecule has 0 bridgehead atoms. The van der Waals surface area contributed by atoms with Gasteiger partial charge in [0.2, 0.25) is 5.91 Å². The van der Waals surface area contributed by atoms with Crippen LogP contribution >= 0.6 is 11.6 Å². The van der Waals surface area contributed by atoms with E-state index in [0.717, 1.165) is 0 Å². The van der Waals surface area contributed by atoms with Crippen LogP contribution in [0.25, 0.3) is 10.9 Å². The number of para-hydroxylation sites is 1. The number of nitrogens with zero attached hydrogens (tertiary/aromatic N) is 3. The molecule has 0 saturated carbocycles. The number of aromatic nitrogens is 2. The lowest BCUT2D eigenvalue weighted by molar-refractivity contribution is -0.178. The van der Waals surface area contributed by atoms with Gasteiger partial charge in [-0.15, -0.1) is 0 Å². The molecule has 1 fully saturated rings. The fourth-order valence-corrected chi connectivity index (χ4v) is 4.86. The molecule has 188 valence electrons. The molecule has 0 aliphatic carbocycles. The Morgan fingerprint density at radius 2 is 1.94 bits per heavy atom. The minimum absolute atomic E-state index is 0.0331. The van der Waals surface area contributed by atoms with Gasteiger partial charge in [0, 0.05) is 23.9 Å². The van der Waals surface area contributed by atoms with E-state index in [9.17, 15) is 28.7 Å². The van der Waals surface area contributed by atoms with Crippen LogP contribution in [0.15, 0.2) is 42.5 Å². The fraction of sp³-hybridized carbons (Fsp3) is 0.292. The molecule has 2 heterocycles. The van der Waals surface area contributed by atoms with Gasteiger partial charge >= 0.3 is 5.97 Å². The Morgan fingerprint density at radius 3 is 2.61 bits per heavy atom. The standard InChI is InChI=1S/C24H23ClFN5O5/c1-2-30-17(22(34)28-11-13-6-5-8-15(25)19(13)26)10-24(30,23(35)36)18(32)12-31-16-9-4-3-7-14(16)20(29-31)21(27)33/h3-9,17H,2,10-12H2,1H3,(H2,27,33)(H,28,34)(H,35,36)/t17-,24+/m0/s1. The quantitative estimate of drug-likeness (QED) is 0.367. The third kappa shape index (κ3) is 4.10. The zero-order valence-electron chi connectivity index (χ0n) is 19.2. The molecule has 2 aromatic carbocycles. The van der Waals surface area contributed by atoms with Gasteiger partial charge in [-0.1, -0.05) is 48.9 Å². The number of nitrogens with two attached hydrogens (primary N) is 1. The van der Waals surface area contributed by atoms with Crippen molar-refractivity contribution < 1.29 is 28.7 Å². The van der Waals surface area contributed by atoms with Gasteiger partial charge < -0.3 is 16.2 Å². The molecule has 0 spiro atoms. The number of likely N-dealkylation sites (N-methyl/N-ethyl adjacent to an activating group) is 1. The van der Waals surface area contributed by atoms with E-state index in [2.05, 4.69) is 10.4 Å². The number of fused-ring (bicyclic) bond motifs is 1. The number of hydrogen-bond acceptors (Lipinski definition) is 6. The summed E-state index contributed by atoms with van der Waals surface area (Å²) < 4.78 is 15.4. The average molecular weight is 516 g/mol. The maximum atomic E-state index is 14.1. The Bertz CT molecular complexity index is 1390. The summed E-state index contributed by atoms with van der Waals surface area (Å²) in [6, 6.07) is 10.1. The van der Waals surface area contributed by atoms with E-state index in [1.807, 2.05) is 0 Å². The van der Waals surface area contributed by atoms with E-state index in [4.69, 9.17) is 17.3 Å². The molecular weight excluding hydrogens is 493 g/mol. The molecule has 4 rings (SSSR count). The van der Waals surface area contributed by atoms with Crippen molar-refractivity contribution in [2.75, 3.05) is 6.54 Å². The Morgan fingerprint density at radius 1 is 1.22 bits per heavy atom. The monoisotopic (exact) mass is 515 g/mol. The second-order valence-corrected chi connectivity index (χ2v) is 8.82. The number of amides is 2.